The van der Waals surface area contributed by atoms with Crippen molar-refractivity contribution in [1.82, 2.24) is 39.7 Å². The molecule has 2 bridgehead atoms. The molecular weight excluding hydrogens is 594 g/mol. The van der Waals surface area contributed by atoms with Gasteiger partial charge in [-0.1, -0.05) is 6.07 Å². The number of alkyl halides is 6. The maximum Gasteiger partial charge on any atom is 0.421 e. The Bertz CT molecular complexity index is 1700. The van der Waals surface area contributed by atoms with Gasteiger partial charge in [-0.2, -0.15) is 36.0 Å². The van der Waals surface area contributed by atoms with E-state index >= 15 is 0 Å². The fourth-order valence-corrected chi connectivity index (χ4v) is 6.75. The number of hydrogen-bond acceptors (Lipinski definition) is 8. The van der Waals surface area contributed by atoms with Crippen LogP contribution in [-0.4, -0.2) is 70.0 Å². The molecule has 5 N–H and O–H groups in total. The van der Waals surface area contributed by atoms with Crippen LogP contribution in [0.5, 0.6) is 0 Å². The number of H-pyrrole nitrogens is 1. The molecule has 3 atom stereocenters. The molecule has 4 aromatic rings. The summed E-state index contributed by atoms with van der Waals surface area (Å²) in [5, 5.41) is 11.9. The lowest BCUT2D eigenvalue weighted by Crippen LogP contribution is -2.61. The number of amides is 1. The van der Waals surface area contributed by atoms with Crippen molar-refractivity contribution in [3.8, 4) is 11.1 Å². The number of piperidine rings is 1. The van der Waals surface area contributed by atoms with Gasteiger partial charge in [-0.3, -0.25) is 9.78 Å². The number of nitrogens with zero attached hydrogens (tertiary/aromatic N) is 7. The van der Waals surface area contributed by atoms with E-state index in [1.807, 2.05) is 4.90 Å². The number of halogens is 6. The quantitative estimate of drug-likeness (QED) is 0.280. The van der Waals surface area contributed by atoms with E-state index in [1.165, 1.54) is 17.0 Å². The van der Waals surface area contributed by atoms with Crippen molar-refractivity contribution in [2.45, 2.75) is 80.3 Å². The van der Waals surface area contributed by atoms with Gasteiger partial charge in [0, 0.05) is 40.9 Å². The van der Waals surface area contributed by atoms with Crippen molar-refractivity contribution in [3.05, 3.63) is 53.6 Å². The molecule has 232 valence electrons. The van der Waals surface area contributed by atoms with Crippen LogP contribution in [-0.2, 0) is 5.54 Å². The van der Waals surface area contributed by atoms with Crippen LogP contribution in [0.3, 0.4) is 0 Å². The Hall–Kier alpha value is -4.28. The second-order valence-electron chi connectivity index (χ2n) is 11.7. The van der Waals surface area contributed by atoms with Gasteiger partial charge in [0.15, 0.2) is 5.65 Å². The van der Waals surface area contributed by atoms with Crippen molar-refractivity contribution >= 4 is 17.4 Å². The summed E-state index contributed by atoms with van der Waals surface area (Å²) in [5.74, 6) is 0.526. The molecule has 0 radical (unpaired) electrons. The molecule has 3 fully saturated rings. The zero-order valence-electron chi connectivity index (χ0n) is 22.9. The van der Waals surface area contributed by atoms with Crippen LogP contribution in [0.1, 0.15) is 77.9 Å². The van der Waals surface area contributed by atoms with E-state index in [0.29, 0.717) is 35.9 Å². The maximum atomic E-state index is 13.5. The lowest BCUT2D eigenvalue weighted by Gasteiger charge is -2.39. The van der Waals surface area contributed by atoms with Crippen LogP contribution < -0.4 is 11.5 Å². The highest BCUT2D eigenvalue weighted by Gasteiger charge is 2.70. The van der Waals surface area contributed by atoms with Crippen molar-refractivity contribution < 1.29 is 31.1 Å². The molecule has 1 amide bonds. The molecule has 6 heterocycles. The van der Waals surface area contributed by atoms with Crippen molar-refractivity contribution in [3.63, 3.8) is 0 Å². The molecule has 2 saturated heterocycles. The lowest BCUT2D eigenvalue weighted by atomic mass is 9.85. The number of nitrogen functional groups attached to an aromatic ring is 1. The first-order valence-electron chi connectivity index (χ1n) is 14.0. The van der Waals surface area contributed by atoms with Gasteiger partial charge in [0.1, 0.15) is 12.1 Å². The Balaban J connectivity index is 1.26. The van der Waals surface area contributed by atoms with Gasteiger partial charge < -0.3 is 21.4 Å². The summed E-state index contributed by atoms with van der Waals surface area (Å²) < 4.78 is 82.4. The van der Waals surface area contributed by atoms with Gasteiger partial charge in [0.25, 0.3) is 11.4 Å². The third kappa shape index (κ3) is 4.22. The number of nitrogens with two attached hydrogens (primary N) is 2. The van der Waals surface area contributed by atoms with E-state index in [0.717, 1.165) is 49.2 Å². The summed E-state index contributed by atoms with van der Waals surface area (Å²) in [6, 6.07) is 1.62. The highest BCUT2D eigenvalue weighted by Crippen LogP contribution is 2.51. The molecule has 44 heavy (non-hydrogen) atoms. The minimum absolute atomic E-state index is 0.0335. The fraction of sp³-hybridized carbons (Fsp3) is 0.481. The van der Waals surface area contributed by atoms with E-state index in [1.54, 1.807) is 0 Å². The highest BCUT2D eigenvalue weighted by atomic mass is 19.4. The van der Waals surface area contributed by atoms with Gasteiger partial charge >= 0.3 is 12.4 Å². The predicted octanol–water partition coefficient (Wildman–Crippen LogP) is 4.20. The number of fused-ring (bicyclic) bond motifs is 3. The Morgan fingerprint density at radius 1 is 0.955 bits per heavy atom. The molecule has 7 rings (SSSR count). The van der Waals surface area contributed by atoms with Gasteiger partial charge in [-0.25, -0.2) is 4.98 Å². The first kappa shape index (κ1) is 28.5. The highest BCUT2D eigenvalue weighted by molar-refractivity contribution is 5.91. The second kappa shape index (κ2) is 9.61. The average Bonchev–Trinajstić information content (AvgIpc) is 3.35. The van der Waals surface area contributed by atoms with E-state index in [-0.39, 0.29) is 41.2 Å². The summed E-state index contributed by atoms with van der Waals surface area (Å²) in [6.45, 7) is 0. The van der Waals surface area contributed by atoms with Crippen LogP contribution in [0.25, 0.3) is 16.8 Å². The normalized spacial score (nSPS) is 22.6. The number of carbonyl (C=O) groups is 1. The fourth-order valence-electron chi connectivity index (χ4n) is 6.75. The molecule has 11 nitrogen and oxygen atoms in total. The van der Waals surface area contributed by atoms with Crippen LogP contribution in [0.15, 0.2) is 30.9 Å². The molecule has 2 aliphatic heterocycles. The molecule has 0 unspecified atom stereocenters. The maximum absolute atomic E-state index is 13.5. The molecule has 0 spiro atoms. The largest absolute Gasteiger partial charge is 0.421 e. The molecular formula is C27H26F6N10O. The van der Waals surface area contributed by atoms with Crippen LogP contribution in [0, 0.1) is 0 Å². The zero-order valence-corrected chi connectivity index (χ0v) is 22.9. The van der Waals surface area contributed by atoms with Crippen LogP contribution in [0.2, 0.25) is 0 Å². The summed E-state index contributed by atoms with van der Waals surface area (Å²) >= 11 is 0. The van der Waals surface area contributed by atoms with Crippen LogP contribution >= 0.6 is 0 Å². The molecule has 4 aromatic heterocycles. The Kier molecular flexibility index (Phi) is 6.22. The van der Waals surface area contributed by atoms with E-state index in [9.17, 15) is 31.1 Å². The number of anilines is 1. The predicted molar refractivity (Wildman–Crippen MR) is 142 cm³/mol. The number of aromatic nitrogens is 7. The first-order valence-corrected chi connectivity index (χ1v) is 14.0. The topological polar surface area (TPSA) is 157 Å². The number of nitrogens with one attached hydrogen (secondary N) is 1. The smallest absolute Gasteiger partial charge is 0.383 e. The monoisotopic (exact) mass is 620 g/mol. The van der Waals surface area contributed by atoms with E-state index in [2.05, 4.69) is 25.3 Å². The summed E-state index contributed by atoms with van der Waals surface area (Å²) in [7, 11) is 0. The Morgan fingerprint density at radius 3 is 2.18 bits per heavy atom. The Morgan fingerprint density at radius 2 is 1.64 bits per heavy atom. The Labute approximate surface area is 245 Å². The minimum atomic E-state index is -5.83. The second-order valence-corrected chi connectivity index (χ2v) is 11.7. The number of hydrogen-bond donors (Lipinski definition) is 3. The molecule has 3 aliphatic rings. The SMILES string of the molecule is Nc1c(C2CC2)c([C@H]2C[C@H]3CC[C@@H](C2)N3C(=O)c2nnc[nH]2)nc2c(-c3ccc(C(N)(C(F)(F)F)C(F)(F)F)nc3)cnn12. The summed E-state index contributed by atoms with van der Waals surface area (Å²) in [4.78, 5) is 26.3. The van der Waals surface area contributed by atoms with E-state index < -0.39 is 23.6 Å². The number of pyridine rings is 1. The van der Waals surface area contributed by atoms with Gasteiger partial charge in [0.2, 0.25) is 5.82 Å². The molecule has 17 heteroatoms. The zero-order chi connectivity index (χ0) is 31.2. The summed E-state index contributed by atoms with van der Waals surface area (Å²) in [6.07, 6.45) is -3.21. The molecule has 0 aromatic carbocycles. The number of carbonyl (C=O) groups excluding carboxylic acids is 1. The minimum Gasteiger partial charge on any atom is -0.383 e. The molecule has 1 aliphatic carbocycles. The number of rotatable bonds is 5. The third-order valence-corrected chi connectivity index (χ3v) is 9.08. The molecule has 1 saturated carbocycles. The van der Waals surface area contributed by atoms with Crippen molar-refractivity contribution in [2.24, 2.45) is 5.73 Å². The lowest BCUT2D eigenvalue weighted by molar-refractivity contribution is -0.303. The van der Waals surface area contributed by atoms with Gasteiger partial charge in [-0.15, -0.1) is 10.2 Å². The third-order valence-electron chi connectivity index (χ3n) is 9.08. The average molecular weight is 621 g/mol. The van der Waals surface area contributed by atoms with Crippen LogP contribution in [0.4, 0.5) is 32.2 Å². The summed E-state index contributed by atoms with van der Waals surface area (Å²) in [5.41, 5.74) is 8.03. The van der Waals surface area contributed by atoms with Gasteiger partial charge in [-0.05, 0) is 50.5 Å². The first-order chi connectivity index (χ1) is 20.8. The van der Waals surface area contributed by atoms with Crippen molar-refractivity contribution in [1.29, 1.82) is 0 Å². The van der Waals surface area contributed by atoms with Gasteiger partial charge in [0.05, 0.1) is 17.6 Å². The van der Waals surface area contributed by atoms with E-state index in [4.69, 9.17) is 16.5 Å². The van der Waals surface area contributed by atoms with Crippen molar-refractivity contribution in [2.75, 3.05) is 5.73 Å². The standard InChI is InChI=1S/C27H26F6N10O/c28-26(29,30)25(35,27(31,32)33)18-6-3-13(9-36-18)17-10-39-43-21(34)19(12-1-2-12)20(40-23(17)43)14-7-15-4-5-16(8-14)42(15)24(44)22-37-11-38-41-22/h3,6,9-12,14-16H,1-2,4-5,7-8,34-35H2,(H,37,38,41)/t14-,15+,16-. The number of aromatic amines is 1.